The first-order valence-electron chi connectivity index (χ1n) is 17.6. The van der Waals surface area contributed by atoms with Crippen molar-refractivity contribution in [2.75, 3.05) is 20.3 Å². The van der Waals surface area contributed by atoms with E-state index < -0.39 is 87.1 Å². The minimum absolute atomic E-state index is 0.0194. The fourth-order valence-electron chi connectivity index (χ4n) is 12.3. The van der Waals surface area contributed by atoms with Crippen molar-refractivity contribution >= 4 is 35.4 Å². The summed E-state index contributed by atoms with van der Waals surface area (Å²) in [5.41, 5.74) is -1.45. The summed E-state index contributed by atoms with van der Waals surface area (Å²) in [7, 11) is 1.25. The van der Waals surface area contributed by atoms with Crippen LogP contribution in [0.5, 0.6) is 0 Å². The summed E-state index contributed by atoms with van der Waals surface area (Å²) >= 11 is 0. The molecule has 0 amide bonds. The number of carbonyl (C=O) groups is 6. The minimum Gasteiger partial charge on any atom is -0.469 e. The Bertz CT molecular complexity index is 1770. The molecule has 49 heavy (non-hydrogen) atoms. The number of rotatable bonds is 7. The summed E-state index contributed by atoms with van der Waals surface area (Å²) in [4.78, 5) is 80.9. The van der Waals surface area contributed by atoms with Crippen LogP contribution in [0, 0.1) is 64.1 Å². The van der Waals surface area contributed by atoms with Crippen molar-refractivity contribution in [2.24, 2.45) is 64.1 Å². The third kappa shape index (κ3) is 3.72. The molecule has 11 nitrogen and oxygen atoms in total. The average molecular weight is 677 g/mol. The smallest absolute Gasteiger partial charge is 0.338 e. The Hall–Kier alpha value is -3.60. The molecule has 1 spiro atoms. The highest BCUT2D eigenvalue weighted by Gasteiger charge is 2.84. The van der Waals surface area contributed by atoms with Gasteiger partial charge in [0.05, 0.1) is 24.0 Å². The van der Waals surface area contributed by atoms with Crippen molar-refractivity contribution in [1.82, 2.24) is 0 Å². The Labute approximate surface area is 284 Å². The van der Waals surface area contributed by atoms with E-state index in [1.54, 1.807) is 26.8 Å². The van der Waals surface area contributed by atoms with Gasteiger partial charge in [0.15, 0.2) is 0 Å². The highest BCUT2D eigenvalue weighted by Crippen LogP contribution is 2.83. The van der Waals surface area contributed by atoms with E-state index >= 15 is 0 Å². The maximum Gasteiger partial charge on any atom is 0.338 e. The second-order valence-electron chi connectivity index (χ2n) is 16.4. The third-order valence-electron chi connectivity index (χ3n) is 14.8. The number of hydrogen-bond acceptors (Lipinski definition) is 11. The standard InChI is InChI=1S/C38H44O11/c1-8-15(2)32(42)48-14-37(45)24-11-23(24)35(5)25(37)12-22-20(13-47-17(4)39)34(44)49-38(22)26(35)10-19-18-9-21(18)36(6)28(19)29(38)27(30(40)31(36)41)16(3)33(43)46-7/h8,16,18,21,23-27,29,45H,9-14H2,1-7H3/t16?,18-,21-,23-,24+,25-,26+,27?,29+,35+,36+,37+,38+/m1/s1. The molecule has 1 aliphatic heterocycles. The molecule has 5 saturated carbocycles. The second-order valence-corrected chi connectivity index (χ2v) is 16.4. The Kier molecular flexibility index (Phi) is 6.66. The van der Waals surface area contributed by atoms with Gasteiger partial charge in [0.1, 0.15) is 24.4 Å². The summed E-state index contributed by atoms with van der Waals surface area (Å²) < 4.78 is 23.0. The van der Waals surface area contributed by atoms with Gasteiger partial charge in [-0.15, -0.1) is 0 Å². The maximum atomic E-state index is 14.5. The number of ketones is 2. The molecule has 0 aromatic rings. The summed E-state index contributed by atoms with van der Waals surface area (Å²) in [5, 5.41) is 12.6. The molecule has 0 bridgehead atoms. The highest BCUT2D eigenvalue weighted by molar-refractivity contribution is 6.42. The van der Waals surface area contributed by atoms with Crippen molar-refractivity contribution in [3.05, 3.63) is 33.9 Å². The van der Waals surface area contributed by atoms with Crippen molar-refractivity contribution in [3.8, 4) is 0 Å². The van der Waals surface area contributed by atoms with Gasteiger partial charge in [0.25, 0.3) is 0 Å². The van der Waals surface area contributed by atoms with Crippen LogP contribution in [0.3, 0.4) is 0 Å². The molecule has 5 fully saturated rings. The van der Waals surface area contributed by atoms with Crippen LogP contribution in [0.2, 0.25) is 0 Å². The Morgan fingerprint density at radius 3 is 2.39 bits per heavy atom. The van der Waals surface area contributed by atoms with Crippen LogP contribution >= 0.6 is 0 Å². The average Bonchev–Trinajstić information content (AvgIpc) is 3.98. The van der Waals surface area contributed by atoms with Gasteiger partial charge in [-0.2, -0.15) is 0 Å². The van der Waals surface area contributed by atoms with Crippen LogP contribution in [0.15, 0.2) is 33.9 Å². The van der Waals surface area contributed by atoms with E-state index in [9.17, 15) is 33.9 Å². The zero-order chi connectivity index (χ0) is 35.3. The first-order valence-corrected chi connectivity index (χ1v) is 17.6. The Morgan fingerprint density at radius 1 is 1.02 bits per heavy atom. The number of carbonyl (C=O) groups excluding carboxylic acids is 6. The number of aliphatic hydroxyl groups is 1. The second kappa shape index (κ2) is 10.0. The van der Waals surface area contributed by atoms with Gasteiger partial charge in [-0.3, -0.25) is 19.2 Å². The molecular formula is C38H44O11. The Balaban J connectivity index is 1.35. The van der Waals surface area contributed by atoms with Gasteiger partial charge >= 0.3 is 23.9 Å². The molecule has 2 unspecified atom stereocenters. The van der Waals surface area contributed by atoms with Crippen LogP contribution in [-0.2, 0) is 47.7 Å². The predicted octanol–water partition coefficient (Wildman–Crippen LogP) is 3.22. The van der Waals surface area contributed by atoms with Gasteiger partial charge in [-0.1, -0.05) is 25.5 Å². The van der Waals surface area contributed by atoms with Crippen LogP contribution in [0.1, 0.15) is 67.2 Å². The fourth-order valence-corrected chi connectivity index (χ4v) is 12.3. The number of fused-ring (bicyclic) bond motifs is 7. The van der Waals surface area contributed by atoms with Crippen LogP contribution in [-0.4, -0.2) is 72.1 Å². The molecule has 0 aromatic carbocycles. The summed E-state index contributed by atoms with van der Waals surface area (Å²) in [5.74, 6) is -7.48. The van der Waals surface area contributed by atoms with E-state index in [2.05, 4.69) is 6.92 Å². The largest absolute Gasteiger partial charge is 0.469 e. The first-order chi connectivity index (χ1) is 23.0. The SMILES string of the molecule is CC=C(C)C(=O)OC[C@]1(O)[C@H]2C[C@H]2[C@]2(C)[C@@H]3CC4=C5[C@H](C(C(C)C(=O)OC)C(=O)C(=O)[C@@]5(C)[C@@H]5C[C@H]45)[C@@]34OC(=O)C(COC(C)=O)=C4C[C@@H]12. The molecule has 0 radical (unpaired) electrons. The summed E-state index contributed by atoms with van der Waals surface area (Å²) in [6, 6.07) is 0. The predicted molar refractivity (Wildman–Crippen MR) is 169 cm³/mol. The van der Waals surface area contributed by atoms with Gasteiger partial charge in [0, 0.05) is 36.2 Å². The van der Waals surface area contributed by atoms with Gasteiger partial charge in [-0.05, 0) is 86.7 Å². The maximum absolute atomic E-state index is 14.5. The monoisotopic (exact) mass is 676 g/mol. The zero-order valence-electron chi connectivity index (χ0n) is 29.0. The van der Waals surface area contributed by atoms with E-state index in [-0.39, 0.29) is 48.9 Å². The molecule has 8 rings (SSSR count). The molecule has 1 N–H and O–H groups in total. The molecular weight excluding hydrogens is 632 g/mol. The van der Waals surface area contributed by atoms with E-state index in [0.717, 1.165) is 17.6 Å². The van der Waals surface area contributed by atoms with Crippen molar-refractivity contribution in [3.63, 3.8) is 0 Å². The molecule has 0 aromatic heterocycles. The summed E-state index contributed by atoms with van der Waals surface area (Å²) in [6.45, 7) is 9.67. The van der Waals surface area contributed by atoms with E-state index in [1.165, 1.54) is 14.0 Å². The topological polar surface area (TPSA) is 160 Å². The fraction of sp³-hybridized carbons (Fsp3) is 0.684. The van der Waals surface area contributed by atoms with Gasteiger partial charge < -0.3 is 24.1 Å². The first kappa shape index (κ1) is 32.6. The normalized spacial score (nSPS) is 45.7. The highest BCUT2D eigenvalue weighted by atomic mass is 16.6. The lowest BCUT2D eigenvalue weighted by Gasteiger charge is -2.64. The lowest BCUT2D eigenvalue weighted by Crippen LogP contribution is -2.68. The number of allylic oxidation sites excluding steroid dienone is 2. The van der Waals surface area contributed by atoms with E-state index in [4.69, 9.17) is 18.9 Å². The number of ether oxygens (including phenoxy) is 4. The van der Waals surface area contributed by atoms with Crippen LogP contribution in [0.4, 0.5) is 0 Å². The van der Waals surface area contributed by atoms with Crippen molar-refractivity contribution in [1.29, 1.82) is 0 Å². The van der Waals surface area contributed by atoms with Crippen molar-refractivity contribution < 1.29 is 52.8 Å². The lowest BCUT2D eigenvalue weighted by molar-refractivity contribution is -0.200. The van der Waals surface area contributed by atoms with Gasteiger partial charge in [0.2, 0.25) is 11.6 Å². The number of Topliss-reactive ketones (excluding diaryl/α,β-unsaturated/α-hetero) is 2. The number of methoxy groups -OCH3 is 1. The minimum atomic E-state index is -1.42. The quantitative estimate of drug-likeness (QED) is 0.139. The third-order valence-corrected chi connectivity index (χ3v) is 14.8. The summed E-state index contributed by atoms with van der Waals surface area (Å²) in [6.07, 6.45) is 3.81. The molecule has 13 atom stereocenters. The molecule has 11 heteroatoms. The van der Waals surface area contributed by atoms with E-state index in [1.807, 2.05) is 6.92 Å². The van der Waals surface area contributed by atoms with Gasteiger partial charge in [-0.25, -0.2) is 9.59 Å². The van der Waals surface area contributed by atoms with Crippen LogP contribution in [0.25, 0.3) is 0 Å². The number of esters is 4. The van der Waals surface area contributed by atoms with Crippen LogP contribution < -0.4 is 0 Å². The molecule has 0 saturated heterocycles. The zero-order valence-corrected chi connectivity index (χ0v) is 29.0. The lowest BCUT2D eigenvalue weighted by atomic mass is 9.41. The van der Waals surface area contributed by atoms with E-state index in [0.29, 0.717) is 24.0 Å². The molecule has 8 aliphatic rings. The number of hydrogen-bond donors (Lipinski definition) is 1. The van der Waals surface area contributed by atoms with Crippen molar-refractivity contribution in [2.45, 2.75) is 78.4 Å². The molecule has 262 valence electrons. The molecule has 1 heterocycles. The Morgan fingerprint density at radius 2 is 1.73 bits per heavy atom. The molecule has 7 aliphatic carbocycles.